The molecule has 0 radical (unpaired) electrons. The minimum Gasteiger partial charge on any atom is -0.454 e. The number of ether oxygens (including phenoxy) is 3. The molecule has 118 valence electrons. The van der Waals surface area contributed by atoms with E-state index in [-0.39, 0.29) is 6.04 Å². The first kappa shape index (κ1) is 16.1. The van der Waals surface area contributed by atoms with Crippen molar-refractivity contribution < 1.29 is 14.2 Å². The third kappa shape index (κ3) is 4.90. The van der Waals surface area contributed by atoms with Crippen LogP contribution in [-0.4, -0.2) is 26.6 Å². The lowest BCUT2D eigenvalue weighted by Crippen LogP contribution is -2.26. The number of fused-ring (bicyclic) bond motifs is 1. The zero-order valence-electron chi connectivity index (χ0n) is 13.6. The summed E-state index contributed by atoms with van der Waals surface area (Å²) in [4.78, 5) is 0. The van der Waals surface area contributed by atoms with Crippen LogP contribution in [0, 0.1) is 5.41 Å². The van der Waals surface area contributed by atoms with Gasteiger partial charge >= 0.3 is 0 Å². The van der Waals surface area contributed by atoms with Gasteiger partial charge in [0.25, 0.3) is 0 Å². The largest absolute Gasteiger partial charge is 0.454 e. The van der Waals surface area contributed by atoms with Gasteiger partial charge in [0.1, 0.15) is 0 Å². The lowest BCUT2D eigenvalue weighted by Gasteiger charge is -2.21. The zero-order valence-corrected chi connectivity index (χ0v) is 13.6. The monoisotopic (exact) mass is 293 g/mol. The summed E-state index contributed by atoms with van der Waals surface area (Å²) in [5.41, 5.74) is 1.49. The number of hydrogen-bond acceptors (Lipinski definition) is 4. The Morgan fingerprint density at radius 2 is 2.00 bits per heavy atom. The molecule has 1 aromatic rings. The van der Waals surface area contributed by atoms with Crippen LogP contribution >= 0.6 is 0 Å². The van der Waals surface area contributed by atoms with Crippen molar-refractivity contribution >= 4 is 0 Å². The van der Waals surface area contributed by atoms with E-state index in [2.05, 4.69) is 39.1 Å². The first-order valence-electron chi connectivity index (χ1n) is 7.70. The maximum atomic E-state index is 5.86. The van der Waals surface area contributed by atoms with E-state index in [1.165, 1.54) is 5.56 Å². The predicted octanol–water partition coefficient (Wildman–Crippen LogP) is 3.52. The minimum absolute atomic E-state index is 0.185. The van der Waals surface area contributed by atoms with Gasteiger partial charge in [0.15, 0.2) is 11.5 Å². The van der Waals surface area contributed by atoms with Crippen LogP contribution in [0.25, 0.3) is 0 Å². The van der Waals surface area contributed by atoms with Crippen LogP contribution in [0.3, 0.4) is 0 Å². The van der Waals surface area contributed by atoms with Crippen molar-refractivity contribution in [1.82, 2.24) is 5.32 Å². The fraction of sp³-hybridized carbons (Fsp3) is 0.647. The van der Waals surface area contributed by atoms with Gasteiger partial charge in [-0.2, -0.15) is 0 Å². The first-order valence-corrected chi connectivity index (χ1v) is 7.70. The van der Waals surface area contributed by atoms with Crippen LogP contribution in [-0.2, 0) is 4.74 Å². The Morgan fingerprint density at radius 1 is 1.24 bits per heavy atom. The summed E-state index contributed by atoms with van der Waals surface area (Å²) < 4.78 is 16.7. The Kier molecular flexibility index (Phi) is 5.48. The van der Waals surface area contributed by atoms with Crippen LogP contribution < -0.4 is 14.8 Å². The molecule has 0 aliphatic carbocycles. The Morgan fingerprint density at radius 3 is 2.71 bits per heavy atom. The third-order valence-electron chi connectivity index (χ3n) is 3.53. The second-order valence-electron chi connectivity index (χ2n) is 6.61. The van der Waals surface area contributed by atoms with Gasteiger partial charge < -0.3 is 19.5 Å². The second kappa shape index (κ2) is 7.14. The van der Waals surface area contributed by atoms with E-state index < -0.39 is 0 Å². The molecule has 0 amide bonds. The van der Waals surface area contributed by atoms with Gasteiger partial charge in [-0.1, -0.05) is 33.8 Å². The fourth-order valence-electron chi connectivity index (χ4n) is 2.23. The predicted molar refractivity (Wildman–Crippen MR) is 83.9 cm³/mol. The Hall–Kier alpha value is -1.26. The van der Waals surface area contributed by atoms with E-state index in [4.69, 9.17) is 14.2 Å². The summed E-state index contributed by atoms with van der Waals surface area (Å²) in [5.74, 6) is 1.65. The van der Waals surface area contributed by atoms with E-state index in [1.807, 2.05) is 12.1 Å². The maximum absolute atomic E-state index is 5.86. The highest BCUT2D eigenvalue weighted by atomic mass is 16.7. The lowest BCUT2D eigenvalue weighted by molar-refractivity contribution is 0.0900. The highest BCUT2D eigenvalue weighted by Crippen LogP contribution is 2.34. The zero-order chi connectivity index (χ0) is 15.3. The Balaban J connectivity index is 1.92. The fourth-order valence-corrected chi connectivity index (χ4v) is 2.23. The van der Waals surface area contributed by atoms with Crippen molar-refractivity contribution in [2.24, 2.45) is 5.41 Å². The highest BCUT2D eigenvalue weighted by molar-refractivity contribution is 5.45. The summed E-state index contributed by atoms with van der Waals surface area (Å²) >= 11 is 0. The molecule has 1 aliphatic heterocycles. The molecule has 0 saturated heterocycles. The molecule has 0 fully saturated rings. The SMILES string of the molecule is CCNC(COCCC(C)(C)C)c1ccc2c(c1)OCO2. The van der Waals surface area contributed by atoms with Crippen LogP contribution in [0.15, 0.2) is 18.2 Å². The van der Waals surface area contributed by atoms with Crippen molar-refractivity contribution in [1.29, 1.82) is 0 Å². The van der Waals surface area contributed by atoms with Crippen molar-refractivity contribution in [2.75, 3.05) is 26.6 Å². The molecule has 1 unspecified atom stereocenters. The molecule has 1 aromatic carbocycles. The summed E-state index contributed by atoms with van der Waals surface area (Å²) in [6.07, 6.45) is 1.06. The maximum Gasteiger partial charge on any atom is 0.231 e. The van der Waals surface area contributed by atoms with Crippen molar-refractivity contribution in [3.63, 3.8) is 0 Å². The molecule has 0 saturated carbocycles. The number of benzene rings is 1. The number of likely N-dealkylation sites (N-methyl/N-ethyl adjacent to an activating group) is 1. The van der Waals surface area contributed by atoms with E-state index in [0.29, 0.717) is 18.8 Å². The Labute approximate surface area is 127 Å². The summed E-state index contributed by atoms with van der Waals surface area (Å²) in [6, 6.07) is 6.28. The molecule has 1 aliphatic rings. The van der Waals surface area contributed by atoms with E-state index in [9.17, 15) is 0 Å². The standard InChI is InChI=1S/C17H27NO3/c1-5-18-14(11-19-9-8-17(2,3)4)13-6-7-15-16(10-13)21-12-20-15/h6-7,10,14,18H,5,8-9,11-12H2,1-4H3. The molecule has 0 aromatic heterocycles. The van der Waals surface area contributed by atoms with Gasteiger partial charge in [-0.25, -0.2) is 0 Å². The van der Waals surface area contributed by atoms with Gasteiger partial charge in [0.2, 0.25) is 6.79 Å². The van der Waals surface area contributed by atoms with Gasteiger partial charge in [-0.05, 0) is 36.1 Å². The smallest absolute Gasteiger partial charge is 0.231 e. The van der Waals surface area contributed by atoms with Crippen LogP contribution in [0.5, 0.6) is 11.5 Å². The molecule has 4 heteroatoms. The summed E-state index contributed by atoms with van der Waals surface area (Å²) in [5, 5.41) is 3.47. The van der Waals surface area contributed by atoms with Crippen LogP contribution in [0.1, 0.15) is 45.7 Å². The van der Waals surface area contributed by atoms with Gasteiger partial charge in [-0.15, -0.1) is 0 Å². The van der Waals surface area contributed by atoms with Crippen molar-refractivity contribution in [2.45, 2.75) is 40.2 Å². The summed E-state index contributed by atoms with van der Waals surface area (Å²) in [7, 11) is 0. The van der Waals surface area contributed by atoms with Gasteiger partial charge in [-0.3, -0.25) is 0 Å². The first-order chi connectivity index (χ1) is 9.99. The number of rotatable bonds is 7. The Bertz CT molecular complexity index is 454. The lowest BCUT2D eigenvalue weighted by atomic mass is 9.93. The number of hydrogen-bond donors (Lipinski definition) is 1. The molecule has 1 heterocycles. The summed E-state index contributed by atoms with van der Waals surface area (Å²) in [6.45, 7) is 11.5. The molecular formula is C17H27NO3. The molecule has 2 rings (SSSR count). The minimum atomic E-state index is 0.185. The topological polar surface area (TPSA) is 39.7 Å². The molecule has 1 atom stereocenters. The highest BCUT2D eigenvalue weighted by Gasteiger charge is 2.18. The molecule has 21 heavy (non-hydrogen) atoms. The average molecular weight is 293 g/mol. The van der Waals surface area contributed by atoms with E-state index in [1.54, 1.807) is 0 Å². The molecule has 0 spiro atoms. The normalized spacial score (nSPS) is 15.2. The molecule has 1 N–H and O–H groups in total. The van der Waals surface area contributed by atoms with Crippen molar-refractivity contribution in [3.05, 3.63) is 23.8 Å². The quantitative estimate of drug-likeness (QED) is 0.781. The van der Waals surface area contributed by atoms with Gasteiger partial charge in [0, 0.05) is 6.61 Å². The molecule has 4 nitrogen and oxygen atoms in total. The van der Waals surface area contributed by atoms with Crippen LogP contribution in [0.4, 0.5) is 0 Å². The number of nitrogens with one attached hydrogen (secondary N) is 1. The average Bonchev–Trinajstić information content (AvgIpc) is 2.88. The van der Waals surface area contributed by atoms with Gasteiger partial charge in [0.05, 0.1) is 12.6 Å². The molecular weight excluding hydrogens is 266 g/mol. The third-order valence-corrected chi connectivity index (χ3v) is 3.53. The molecule has 0 bridgehead atoms. The van der Waals surface area contributed by atoms with Crippen LogP contribution in [0.2, 0.25) is 0 Å². The van der Waals surface area contributed by atoms with E-state index in [0.717, 1.165) is 31.1 Å². The second-order valence-corrected chi connectivity index (χ2v) is 6.61. The van der Waals surface area contributed by atoms with E-state index >= 15 is 0 Å². The van der Waals surface area contributed by atoms with Crippen molar-refractivity contribution in [3.8, 4) is 11.5 Å².